The van der Waals surface area contributed by atoms with Crippen LogP contribution in [0.1, 0.15) is 47.2 Å². The zero-order valence-corrected chi connectivity index (χ0v) is 22.7. The summed E-state index contributed by atoms with van der Waals surface area (Å²) in [7, 11) is 1.27. The van der Waals surface area contributed by atoms with Crippen LogP contribution < -0.4 is 10.6 Å². The van der Waals surface area contributed by atoms with Gasteiger partial charge >= 0.3 is 12.1 Å². The van der Waals surface area contributed by atoms with Gasteiger partial charge in [-0.05, 0) is 47.6 Å². The first kappa shape index (κ1) is 27.5. The van der Waals surface area contributed by atoms with Crippen LogP contribution in [0.4, 0.5) is 9.93 Å². The third-order valence-corrected chi connectivity index (χ3v) is 6.43. The van der Waals surface area contributed by atoms with Crippen LogP contribution in [0, 0.1) is 0 Å². The van der Waals surface area contributed by atoms with Gasteiger partial charge < -0.3 is 19.6 Å². The van der Waals surface area contributed by atoms with Crippen molar-refractivity contribution < 1.29 is 33.5 Å². The van der Waals surface area contributed by atoms with Crippen molar-refractivity contribution >= 4 is 57.8 Å². The van der Waals surface area contributed by atoms with Gasteiger partial charge in [-0.25, -0.2) is 14.6 Å². The van der Waals surface area contributed by atoms with Gasteiger partial charge in [0, 0.05) is 11.1 Å². The average molecular weight is 540 g/mol. The number of hydrogen-bond donors (Lipinski definition) is 2. The van der Waals surface area contributed by atoms with Crippen molar-refractivity contribution in [1.82, 2.24) is 15.2 Å². The molecule has 14 heteroatoms. The summed E-state index contributed by atoms with van der Waals surface area (Å²) in [6, 6.07) is -0.881. The number of thioether (sulfide) groups is 1. The Morgan fingerprint density at radius 1 is 1.14 bits per heavy atom. The van der Waals surface area contributed by atoms with Crippen molar-refractivity contribution in [2.75, 3.05) is 18.2 Å². The molecule has 0 aliphatic carbocycles. The van der Waals surface area contributed by atoms with E-state index in [1.54, 1.807) is 47.6 Å². The number of anilines is 1. The number of fused-ring (bicyclic) bond motifs is 1. The van der Waals surface area contributed by atoms with E-state index >= 15 is 0 Å². The van der Waals surface area contributed by atoms with E-state index in [1.165, 1.54) is 29.2 Å². The Morgan fingerprint density at radius 3 is 2.42 bits per heavy atom. The Labute approximate surface area is 216 Å². The minimum atomic E-state index is -0.881. The highest BCUT2D eigenvalue weighted by Crippen LogP contribution is 2.38. The molecule has 0 saturated carbocycles. The molecule has 1 aromatic heterocycles. The highest BCUT2D eigenvalue weighted by Gasteiger charge is 2.53. The minimum Gasteiger partial charge on any atom is -0.455 e. The van der Waals surface area contributed by atoms with Gasteiger partial charge in [0.1, 0.15) is 41.1 Å². The second kappa shape index (κ2) is 10.5. The van der Waals surface area contributed by atoms with E-state index < -0.39 is 46.5 Å². The fraction of sp³-hybridized carbons (Fsp3) is 0.545. The van der Waals surface area contributed by atoms with E-state index in [4.69, 9.17) is 14.3 Å². The molecule has 1 fully saturated rings. The molecule has 1 aromatic rings. The second-order valence-electron chi connectivity index (χ2n) is 9.76. The number of ether oxygens (including phenoxy) is 2. The number of aromatic nitrogens is 1. The van der Waals surface area contributed by atoms with Gasteiger partial charge in [0.15, 0.2) is 10.8 Å². The molecule has 0 radical (unpaired) electrons. The molecule has 2 aliphatic heterocycles. The molecule has 0 spiro atoms. The fourth-order valence-electron chi connectivity index (χ4n) is 3.20. The molecule has 1 saturated heterocycles. The number of nitrogens with one attached hydrogen (secondary N) is 2. The number of carbonyl (C=O) groups is 4. The van der Waals surface area contributed by atoms with E-state index in [-0.39, 0.29) is 22.2 Å². The Bertz CT molecular complexity index is 1120. The first-order valence-electron chi connectivity index (χ1n) is 11.0. The Hall–Kier alpha value is -3.13. The molecule has 2 atom stereocenters. The molecule has 3 rings (SSSR count). The fourth-order valence-corrected chi connectivity index (χ4v) is 5.07. The molecule has 2 N–H and O–H groups in total. The lowest BCUT2D eigenvalue weighted by atomic mass is 10.0. The van der Waals surface area contributed by atoms with Crippen molar-refractivity contribution in [1.29, 1.82) is 0 Å². The van der Waals surface area contributed by atoms with Gasteiger partial charge in [-0.2, -0.15) is 0 Å². The van der Waals surface area contributed by atoms with Crippen LogP contribution in [0.2, 0.25) is 0 Å². The summed E-state index contributed by atoms with van der Waals surface area (Å²) < 4.78 is 10.6. The summed E-state index contributed by atoms with van der Waals surface area (Å²) >= 11 is 2.47. The number of amides is 3. The topological polar surface area (TPSA) is 149 Å². The summed E-state index contributed by atoms with van der Waals surface area (Å²) in [5, 5.41) is 10.1. The summed E-state index contributed by atoms with van der Waals surface area (Å²) in [6.45, 7) is 10.4. The van der Waals surface area contributed by atoms with Crippen molar-refractivity contribution in [3.8, 4) is 0 Å². The van der Waals surface area contributed by atoms with Crippen molar-refractivity contribution in [3.63, 3.8) is 0 Å². The number of carbonyl (C=O) groups excluding carboxylic acids is 4. The first-order chi connectivity index (χ1) is 16.7. The van der Waals surface area contributed by atoms with Crippen molar-refractivity contribution in [2.24, 2.45) is 5.16 Å². The standard InChI is InChI=1S/C22H29N5O7S2/c1-21(2,3)33-18(30)12-8-9-35-17-14(16(29)27(12)17)24-15(28)13(26-32-7)11-10-36-19(23-11)25-20(31)34-22(4,5)6/h8,10,14,17H,9H2,1-7H3,(H,24,28)(H,23,25,31)/t14-,17+/m1/s1. The van der Waals surface area contributed by atoms with E-state index in [0.29, 0.717) is 5.75 Å². The van der Waals surface area contributed by atoms with E-state index in [9.17, 15) is 19.2 Å². The molecule has 0 aromatic carbocycles. The number of hydrogen-bond acceptors (Lipinski definition) is 11. The van der Waals surface area contributed by atoms with Crippen LogP contribution in [0.5, 0.6) is 0 Å². The quantitative estimate of drug-likeness (QED) is 0.241. The van der Waals surface area contributed by atoms with Gasteiger partial charge in [-0.15, -0.1) is 23.1 Å². The Morgan fingerprint density at radius 2 is 1.81 bits per heavy atom. The largest absolute Gasteiger partial charge is 0.455 e. The number of β-lactam (4-membered cyclic amide) rings is 1. The normalized spacial score (nSPS) is 20.0. The maximum absolute atomic E-state index is 13.0. The molecule has 3 amide bonds. The molecular formula is C22H29N5O7S2. The summed E-state index contributed by atoms with van der Waals surface area (Å²) in [6.07, 6.45) is 0.943. The summed E-state index contributed by atoms with van der Waals surface area (Å²) in [4.78, 5) is 60.8. The number of thiazole rings is 1. The molecule has 0 bridgehead atoms. The van der Waals surface area contributed by atoms with Gasteiger partial charge in [-0.1, -0.05) is 5.16 Å². The van der Waals surface area contributed by atoms with E-state index in [1.807, 2.05) is 0 Å². The number of rotatable bonds is 6. The number of esters is 1. The highest BCUT2D eigenvalue weighted by molar-refractivity contribution is 8.00. The Balaban J connectivity index is 1.68. The van der Waals surface area contributed by atoms with Gasteiger partial charge in [0.05, 0.1) is 0 Å². The second-order valence-corrected chi connectivity index (χ2v) is 11.8. The van der Waals surface area contributed by atoms with Crippen LogP contribution in [-0.4, -0.2) is 75.0 Å². The Kier molecular flexibility index (Phi) is 7.98. The summed E-state index contributed by atoms with van der Waals surface area (Å²) in [5.41, 5.74) is -1.28. The van der Waals surface area contributed by atoms with Crippen LogP contribution in [0.25, 0.3) is 0 Å². The highest BCUT2D eigenvalue weighted by atomic mass is 32.2. The van der Waals surface area contributed by atoms with Crippen LogP contribution >= 0.6 is 23.1 Å². The van der Waals surface area contributed by atoms with Gasteiger partial charge in [-0.3, -0.25) is 19.8 Å². The van der Waals surface area contributed by atoms with Crippen molar-refractivity contribution in [3.05, 3.63) is 22.8 Å². The zero-order valence-electron chi connectivity index (χ0n) is 21.0. The van der Waals surface area contributed by atoms with Crippen molar-refractivity contribution in [2.45, 2.75) is 64.2 Å². The summed E-state index contributed by atoms with van der Waals surface area (Å²) in [5.74, 6) is -1.27. The predicted octanol–water partition coefficient (Wildman–Crippen LogP) is 2.47. The SMILES string of the molecule is CON=C(C(=O)N[C@@H]1C(=O)N2C(C(=O)OC(C)(C)C)=CCS[C@@H]12)c1csc(NC(=O)OC(C)(C)C)n1. The molecule has 2 aliphatic rings. The lowest BCUT2D eigenvalue weighted by Gasteiger charge is -2.48. The molecule has 3 heterocycles. The maximum atomic E-state index is 13.0. The third-order valence-electron chi connectivity index (χ3n) is 4.49. The van der Waals surface area contributed by atoms with Crippen LogP contribution in [0.3, 0.4) is 0 Å². The van der Waals surface area contributed by atoms with Crippen LogP contribution in [0.15, 0.2) is 22.3 Å². The molecular weight excluding hydrogens is 510 g/mol. The number of nitrogens with zero attached hydrogens (tertiary/aromatic N) is 3. The number of oxime groups is 1. The van der Waals surface area contributed by atoms with Gasteiger partial charge in [0.2, 0.25) is 0 Å². The predicted molar refractivity (Wildman–Crippen MR) is 134 cm³/mol. The van der Waals surface area contributed by atoms with Crippen LogP contribution in [-0.2, 0) is 28.7 Å². The first-order valence-corrected chi connectivity index (χ1v) is 12.9. The average Bonchev–Trinajstić information content (AvgIpc) is 3.20. The minimum absolute atomic E-state index is 0.139. The lowest BCUT2D eigenvalue weighted by molar-refractivity contribution is -0.158. The van der Waals surface area contributed by atoms with E-state index in [0.717, 1.165) is 11.3 Å². The molecule has 12 nitrogen and oxygen atoms in total. The zero-order chi connectivity index (χ0) is 26.8. The third kappa shape index (κ3) is 6.55. The smallest absolute Gasteiger partial charge is 0.413 e. The lowest BCUT2D eigenvalue weighted by Crippen LogP contribution is -2.70. The maximum Gasteiger partial charge on any atom is 0.413 e. The molecule has 0 unspecified atom stereocenters. The van der Waals surface area contributed by atoms with Gasteiger partial charge in [0.25, 0.3) is 11.8 Å². The molecule has 196 valence electrons. The van der Waals surface area contributed by atoms with E-state index in [2.05, 4.69) is 20.8 Å². The molecule has 36 heavy (non-hydrogen) atoms. The monoisotopic (exact) mass is 539 g/mol.